The Hall–Kier alpha value is -1.13. The highest BCUT2D eigenvalue weighted by Crippen LogP contribution is 2.13. The summed E-state index contributed by atoms with van der Waals surface area (Å²) in [6.07, 6.45) is 0. The number of nitrogens with one attached hydrogen (secondary N) is 1. The Kier molecular flexibility index (Phi) is 3.97. The van der Waals surface area contributed by atoms with E-state index >= 15 is 0 Å². The molecule has 2 N–H and O–H groups in total. The van der Waals surface area contributed by atoms with Gasteiger partial charge in [0.1, 0.15) is 10.7 Å². The fourth-order valence-electron chi connectivity index (χ4n) is 2.20. The average Bonchev–Trinajstić information content (AvgIpc) is 2.38. The van der Waals surface area contributed by atoms with E-state index in [4.69, 9.17) is 12.2 Å². The van der Waals surface area contributed by atoms with Crippen LogP contribution in [0.25, 0.3) is 0 Å². The summed E-state index contributed by atoms with van der Waals surface area (Å²) < 4.78 is 0. The van der Waals surface area contributed by atoms with Crippen molar-refractivity contribution in [2.75, 3.05) is 32.7 Å². The van der Waals surface area contributed by atoms with Crippen LogP contribution in [0.1, 0.15) is 12.5 Å². The maximum atomic E-state index is 9.46. The van der Waals surface area contributed by atoms with Gasteiger partial charge in [0, 0.05) is 5.56 Å². The van der Waals surface area contributed by atoms with Crippen molar-refractivity contribution in [3.8, 4) is 5.75 Å². The smallest absolute Gasteiger partial charge is 0.116 e. The van der Waals surface area contributed by atoms with Gasteiger partial charge in [0.05, 0.1) is 32.7 Å². The number of phenols is 1. The second-order valence-corrected chi connectivity index (χ2v) is 4.83. The molecule has 0 amide bonds. The molecular formula is C13H19N2OS+. The van der Waals surface area contributed by atoms with Crippen LogP contribution in [0.3, 0.4) is 0 Å². The number of rotatable bonds is 2. The van der Waals surface area contributed by atoms with E-state index in [-0.39, 0.29) is 5.75 Å². The second-order valence-electron chi connectivity index (χ2n) is 4.45. The fourth-order valence-corrected chi connectivity index (χ4v) is 2.51. The minimum absolute atomic E-state index is 0.280. The van der Waals surface area contributed by atoms with Gasteiger partial charge in [0.15, 0.2) is 0 Å². The molecule has 1 aromatic carbocycles. The van der Waals surface area contributed by atoms with Crippen LogP contribution >= 0.6 is 12.2 Å². The van der Waals surface area contributed by atoms with E-state index in [1.54, 1.807) is 17.0 Å². The normalized spacial score (nSPS) is 17.1. The molecule has 17 heavy (non-hydrogen) atoms. The van der Waals surface area contributed by atoms with Gasteiger partial charge in [0.25, 0.3) is 0 Å². The number of hydrogen-bond acceptors (Lipinski definition) is 2. The van der Waals surface area contributed by atoms with Crippen LogP contribution in [0.5, 0.6) is 5.75 Å². The van der Waals surface area contributed by atoms with Gasteiger partial charge in [-0.2, -0.15) is 0 Å². The number of benzene rings is 1. The van der Waals surface area contributed by atoms with Crippen LogP contribution in [0.2, 0.25) is 0 Å². The van der Waals surface area contributed by atoms with Crippen LogP contribution in [0.4, 0.5) is 0 Å². The number of piperazine rings is 1. The molecule has 0 bridgehead atoms. The van der Waals surface area contributed by atoms with E-state index in [1.807, 2.05) is 12.1 Å². The van der Waals surface area contributed by atoms with Crippen molar-refractivity contribution in [1.82, 2.24) is 4.90 Å². The van der Waals surface area contributed by atoms with Crippen LogP contribution < -0.4 is 4.90 Å². The summed E-state index contributed by atoms with van der Waals surface area (Å²) in [7, 11) is 0. The minimum atomic E-state index is 0.280. The molecule has 0 spiro atoms. The van der Waals surface area contributed by atoms with E-state index in [0.29, 0.717) is 0 Å². The van der Waals surface area contributed by atoms with E-state index in [9.17, 15) is 5.11 Å². The summed E-state index contributed by atoms with van der Waals surface area (Å²) in [5, 5.41) is 9.46. The Labute approximate surface area is 108 Å². The van der Waals surface area contributed by atoms with E-state index in [0.717, 1.165) is 36.7 Å². The number of quaternary nitrogens is 1. The van der Waals surface area contributed by atoms with E-state index < -0.39 is 0 Å². The number of likely N-dealkylation sites (N-methyl/N-ethyl adjacent to an activating group) is 1. The summed E-state index contributed by atoms with van der Waals surface area (Å²) >= 11 is 5.48. The molecule has 1 aromatic rings. The standard InChI is InChI=1S/C13H18N2OS/c1-2-14-6-8-15(9-7-14)13(17)11-4-3-5-12(16)10-11/h3-5,10,16H,2,6-9H2,1H3/p+1. The largest absolute Gasteiger partial charge is 0.508 e. The zero-order valence-electron chi connectivity index (χ0n) is 10.1. The molecule has 1 fully saturated rings. The molecule has 1 saturated heterocycles. The zero-order valence-corrected chi connectivity index (χ0v) is 11.0. The van der Waals surface area contributed by atoms with Gasteiger partial charge in [-0.05, 0) is 19.1 Å². The van der Waals surface area contributed by atoms with Gasteiger partial charge in [-0.1, -0.05) is 24.4 Å². The quantitative estimate of drug-likeness (QED) is 0.740. The van der Waals surface area contributed by atoms with Crippen molar-refractivity contribution in [3.05, 3.63) is 29.8 Å². The number of nitrogens with zero attached hydrogens (tertiary/aromatic N) is 1. The van der Waals surface area contributed by atoms with Crippen LogP contribution in [-0.4, -0.2) is 47.7 Å². The molecule has 0 radical (unpaired) electrons. The lowest BCUT2D eigenvalue weighted by Crippen LogP contribution is -3.14. The molecule has 0 aliphatic carbocycles. The predicted molar refractivity (Wildman–Crippen MR) is 72.6 cm³/mol. The average molecular weight is 251 g/mol. The Morgan fingerprint density at radius 3 is 2.71 bits per heavy atom. The second kappa shape index (κ2) is 5.47. The first-order valence-corrected chi connectivity index (χ1v) is 6.53. The van der Waals surface area contributed by atoms with Crippen LogP contribution in [-0.2, 0) is 0 Å². The first-order chi connectivity index (χ1) is 8.20. The highest BCUT2D eigenvalue weighted by Gasteiger charge is 2.21. The molecule has 4 heteroatoms. The first kappa shape index (κ1) is 12.3. The fraction of sp³-hybridized carbons (Fsp3) is 0.462. The van der Waals surface area contributed by atoms with Crippen molar-refractivity contribution in [2.24, 2.45) is 0 Å². The van der Waals surface area contributed by atoms with E-state index in [1.165, 1.54) is 6.54 Å². The number of aromatic hydroxyl groups is 1. The Balaban J connectivity index is 2.02. The molecule has 0 unspecified atom stereocenters. The summed E-state index contributed by atoms with van der Waals surface area (Å²) in [6.45, 7) is 7.73. The highest BCUT2D eigenvalue weighted by molar-refractivity contribution is 7.80. The number of thiocarbonyl (C=S) groups is 1. The lowest BCUT2D eigenvalue weighted by molar-refractivity contribution is -0.902. The molecule has 0 atom stereocenters. The lowest BCUT2D eigenvalue weighted by Gasteiger charge is -2.33. The molecule has 0 aromatic heterocycles. The molecule has 1 aliphatic heterocycles. The molecular weight excluding hydrogens is 232 g/mol. The van der Waals surface area contributed by atoms with Gasteiger partial charge in [-0.25, -0.2) is 0 Å². The lowest BCUT2D eigenvalue weighted by atomic mass is 10.2. The summed E-state index contributed by atoms with van der Waals surface area (Å²) in [5.41, 5.74) is 0.944. The van der Waals surface area contributed by atoms with Gasteiger partial charge < -0.3 is 14.9 Å². The summed E-state index contributed by atoms with van der Waals surface area (Å²) in [6, 6.07) is 7.21. The Bertz CT molecular complexity index is 400. The van der Waals surface area contributed by atoms with Crippen molar-refractivity contribution >= 4 is 17.2 Å². The Morgan fingerprint density at radius 2 is 2.12 bits per heavy atom. The molecule has 2 rings (SSSR count). The third-order valence-corrected chi connectivity index (χ3v) is 3.84. The molecule has 1 aliphatic rings. The third kappa shape index (κ3) is 2.96. The topological polar surface area (TPSA) is 27.9 Å². The van der Waals surface area contributed by atoms with Crippen LogP contribution in [0, 0.1) is 0 Å². The van der Waals surface area contributed by atoms with Gasteiger partial charge in [-0.3, -0.25) is 0 Å². The maximum Gasteiger partial charge on any atom is 0.116 e. The Morgan fingerprint density at radius 1 is 1.41 bits per heavy atom. The zero-order chi connectivity index (χ0) is 12.3. The summed E-state index contributed by atoms with van der Waals surface area (Å²) in [4.78, 5) is 4.74. The maximum absolute atomic E-state index is 9.46. The first-order valence-electron chi connectivity index (χ1n) is 6.12. The van der Waals surface area contributed by atoms with Crippen molar-refractivity contribution in [1.29, 1.82) is 0 Å². The highest BCUT2D eigenvalue weighted by atomic mass is 32.1. The van der Waals surface area contributed by atoms with Crippen LogP contribution in [0.15, 0.2) is 24.3 Å². The SMILES string of the molecule is CC[NH+]1CCN(C(=S)c2cccc(O)c2)CC1. The number of hydrogen-bond donors (Lipinski definition) is 2. The molecule has 3 nitrogen and oxygen atoms in total. The molecule has 0 saturated carbocycles. The minimum Gasteiger partial charge on any atom is -0.508 e. The van der Waals surface area contributed by atoms with Crippen molar-refractivity contribution in [3.63, 3.8) is 0 Å². The van der Waals surface area contributed by atoms with Gasteiger partial charge in [-0.15, -0.1) is 0 Å². The number of phenolic OH excluding ortho intramolecular Hbond substituents is 1. The third-order valence-electron chi connectivity index (χ3n) is 3.35. The van der Waals surface area contributed by atoms with Gasteiger partial charge in [0.2, 0.25) is 0 Å². The predicted octanol–water partition coefficient (Wildman–Crippen LogP) is 0.288. The molecule has 1 heterocycles. The van der Waals surface area contributed by atoms with E-state index in [2.05, 4.69) is 11.8 Å². The van der Waals surface area contributed by atoms with Crippen molar-refractivity contribution < 1.29 is 10.0 Å². The summed E-state index contributed by atoms with van der Waals surface area (Å²) in [5.74, 6) is 0.280. The monoisotopic (exact) mass is 251 g/mol. The van der Waals surface area contributed by atoms with Crippen molar-refractivity contribution in [2.45, 2.75) is 6.92 Å². The van der Waals surface area contributed by atoms with Gasteiger partial charge >= 0.3 is 0 Å². The molecule has 92 valence electrons.